The summed E-state index contributed by atoms with van der Waals surface area (Å²) in [7, 11) is 0. The first-order valence-corrected chi connectivity index (χ1v) is 13.8. The van der Waals surface area contributed by atoms with Crippen molar-refractivity contribution < 1.29 is 33.4 Å². The molecule has 0 bridgehead atoms. The molecule has 0 N–H and O–H groups in total. The van der Waals surface area contributed by atoms with Gasteiger partial charge in [-0.2, -0.15) is 11.8 Å². The van der Waals surface area contributed by atoms with Crippen molar-refractivity contribution in [3.63, 3.8) is 0 Å². The molecule has 1 aliphatic heterocycles. The molecule has 10 heteroatoms. The Morgan fingerprint density at radius 1 is 0.973 bits per heavy atom. The lowest BCUT2D eigenvalue weighted by Crippen LogP contribution is -2.68. The molecule has 3 amide bonds. The van der Waals surface area contributed by atoms with Crippen molar-refractivity contribution in [2.24, 2.45) is 5.92 Å². The van der Waals surface area contributed by atoms with Crippen molar-refractivity contribution in [3.8, 4) is 0 Å². The van der Waals surface area contributed by atoms with Gasteiger partial charge in [-0.05, 0) is 86.7 Å². The normalized spacial score (nSPS) is 22.3. The molecule has 9 nitrogen and oxygen atoms in total. The van der Waals surface area contributed by atoms with Gasteiger partial charge in [0.2, 0.25) is 5.91 Å². The van der Waals surface area contributed by atoms with Crippen molar-refractivity contribution in [2.45, 2.75) is 118 Å². The number of carbonyl (C=O) groups excluding carboxylic acids is 4. The number of hydrogen-bond donors (Lipinski definition) is 0. The molecule has 1 rings (SSSR count). The number of nitrogens with zero attached hydrogens (tertiary/aromatic N) is 2. The minimum atomic E-state index is -1.60. The highest BCUT2D eigenvalue weighted by Gasteiger charge is 2.63. The van der Waals surface area contributed by atoms with Gasteiger partial charge < -0.3 is 14.2 Å². The van der Waals surface area contributed by atoms with Gasteiger partial charge in [0.1, 0.15) is 28.5 Å². The first-order valence-electron chi connectivity index (χ1n) is 12.7. The molecule has 0 saturated carbocycles. The molecule has 3 atom stereocenters. The fraction of sp³-hybridized carbons (Fsp3) is 0.778. The second-order valence-electron chi connectivity index (χ2n) is 12.1. The summed E-state index contributed by atoms with van der Waals surface area (Å²) < 4.78 is 17.1. The molecule has 1 aliphatic rings. The number of esters is 1. The van der Waals surface area contributed by atoms with Crippen LogP contribution >= 0.6 is 11.8 Å². The van der Waals surface area contributed by atoms with E-state index in [4.69, 9.17) is 14.2 Å². The van der Waals surface area contributed by atoms with Gasteiger partial charge in [-0.3, -0.25) is 9.69 Å². The second-order valence-corrected chi connectivity index (χ2v) is 13.5. The molecule has 212 valence electrons. The van der Waals surface area contributed by atoms with Crippen molar-refractivity contribution in [2.75, 3.05) is 11.5 Å². The average Bonchev–Trinajstić information content (AvgIpc) is 2.98. The number of hydrogen-bond acceptors (Lipinski definition) is 8. The molecule has 0 radical (unpaired) electrons. The van der Waals surface area contributed by atoms with E-state index in [0.717, 1.165) is 10.7 Å². The van der Waals surface area contributed by atoms with E-state index in [2.05, 4.69) is 6.58 Å². The highest BCUT2D eigenvalue weighted by molar-refractivity contribution is 7.99. The van der Waals surface area contributed by atoms with Gasteiger partial charge in [0.05, 0.1) is 0 Å². The summed E-state index contributed by atoms with van der Waals surface area (Å²) in [5, 5.41) is 0. The minimum absolute atomic E-state index is 0.0982. The third kappa shape index (κ3) is 8.65. The SMILES string of the molecule is C=C[C@@H]1CC(C(=O)OC(C)(C)C)N(C(=O)OC(C)(C)C)[C@]1(CCSCC)N(C(C)=O)C(=O)OC(C)(C)C. The van der Waals surface area contributed by atoms with E-state index >= 15 is 0 Å². The Hall–Kier alpha value is -2.23. The molecule has 37 heavy (non-hydrogen) atoms. The summed E-state index contributed by atoms with van der Waals surface area (Å²) in [6.07, 6.45) is 0.120. The van der Waals surface area contributed by atoms with Crippen molar-refractivity contribution in [3.05, 3.63) is 12.7 Å². The summed E-state index contributed by atoms with van der Waals surface area (Å²) in [5.74, 6) is -0.646. The minimum Gasteiger partial charge on any atom is -0.458 e. The molecular formula is C27H46N2O7S. The van der Waals surface area contributed by atoms with Crippen molar-refractivity contribution in [1.82, 2.24) is 9.80 Å². The highest BCUT2D eigenvalue weighted by Crippen LogP contribution is 2.47. The Morgan fingerprint density at radius 3 is 1.89 bits per heavy atom. The van der Waals surface area contributed by atoms with Crippen LogP contribution in [0.5, 0.6) is 0 Å². The van der Waals surface area contributed by atoms with Gasteiger partial charge in [-0.1, -0.05) is 13.0 Å². The number of ether oxygens (including phenoxy) is 3. The Bertz CT molecular complexity index is 869. The smallest absolute Gasteiger partial charge is 0.419 e. The maximum atomic E-state index is 13.9. The predicted molar refractivity (Wildman–Crippen MR) is 145 cm³/mol. The van der Waals surface area contributed by atoms with Gasteiger partial charge in [-0.25, -0.2) is 19.3 Å². The van der Waals surface area contributed by atoms with E-state index in [1.54, 1.807) is 80.2 Å². The lowest BCUT2D eigenvalue weighted by Gasteiger charge is -2.48. The van der Waals surface area contributed by atoms with Gasteiger partial charge in [0.15, 0.2) is 0 Å². The van der Waals surface area contributed by atoms with Crippen LogP contribution in [-0.4, -0.2) is 73.9 Å². The number of likely N-dealkylation sites (tertiary alicyclic amines) is 1. The predicted octanol–water partition coefficient (Wildman–Crippen LogP) is 5.76. The van der Waals surface area contributed by atoms with E-state index in [9.17, 15) is 19.2 Å². The maximum absolute atomic E-state index is 13.9. The molecule has 0 aromatic carbocycles. The van der Waals surface area contributed by atoms with Gasteiger partial charge in [-0.15, -0.1) is 6.58 Å². The van der Waals surface area contributed by atoms with Crippen LogP contribution in [0.15, 0.2) is 12.7 Å². The Morgan fingerprint density at radius 2 is 1.49 bits per heavy atom. The molecule has 1 unspecified atom stereocenters. The zero-order valence-corrected chi connectivity index (χ0v) is 25.2. The number of imide groups is 1. The summed E-state index contributed by atoms with van der Waals surface area (Å²) in [6, 6.07) is -1.12. The first-order chi connectivity index (χ1) is 16.7. The van der Waals surface area contributed by atoms with Crippen molar-refractivity contribution >= 4 is 35.8 Å². The van der Waals surface area contributed by atoms with Crippen LogP contribution in [-0.2, 0) is 23.8 Å². The third-order valence-corrected chi connectivity index (χ3v) is 6.35. The molecule has 1 saturated heterocycles. The summed E-state index contributed by atoms with van der Waals surface area (Å²) in [5.41, 5.74) is -4.23. The summed E-state index contributed by atoms with van der Waals surface area (Å²) >= 11 is 1.59. The fourth-order valence-corrected chi connectivity index (χ4v) is 5.09. The summed E-state index contributed by atoms with van der Waals surface area (Å²) in [6.45, 7) is 22.6. The van der Waals surface area contributed by atoms with Crippen LogP contribution in [0.2, 0.25) is 0 Å². The van der Waals surface area contributed by atoms with Crippen LogP contribution in [0.25, 0.3) is 0 Å². The Balaban J connectivity index is 3.94. The van der Waals surface area contributed by atoms with Gasteiger partial charge in [0, 0.05) is 12.8 Å². The van der Waals surface area contributed by atoms with Gasteiger partial charge >= 0.3 is 18.2 Å². The number of amides is 3. The van der Waals surface area contributed by atoms with E-state index in [1.165, 1.54) is 11.8 Å². The zero-order chi connectivity index (χ0) is 29.0. The highest BCUT2D eigenvalue weighted by atomic mass is 32.2. The Kier molecular flexibility index (Phi) is 10.7. The lowest BCUT2D eigenvalue weighted by atomic mass is 9.88. The van der Waals surface area contributed by atoms with E-state index in [-0.39, 0.29) is 12.8 Å². The van der Waals surface area contributed by atoms with Crippen LogP contribution in [0.4, 0.5) is 9.59 Å². The maximum Gasteiger partial charge on any atom is 0.419 e. The van der Waals surface area contributed by atoms with Crippen LogP contribution in [0.1, 0.15) is 89.0 Å². The molecule has 0 aliphatic carbocycles. The molecule has 0 aromatic rings. The summed E-state index contributed by atoms with van der Waals surface area (Å²) in [4.78, 5) is 56.3. The first kappa shape index (κ1) is 32.8. The molecule has 1 heterocycles. The molecular weight excluding hydrogens is 496 g/mol. The van der Waals surface area contributed by atoms with E-state index in [1.807, 2.05) is 6.92 Å². The van der Waals surface area contributed by atoms with Crippen LogP contribution in [0.3, 0.4) is 0 Å². The number of rotatable bonds is 7. The number of carbonyl (C=O) groups is 4. The quantitative estimate of drug-likeness (QED) is 0.173. The van der Waals surface area contributed by atoms with Crippen LogP contribution < -0.4 is 0 Å². The third-order valence-electron chi connectivity index (χ3n) is 5.45. The fourth-order valence-electron chi connectivity index (χ4n) is 4.36. The standard InChI is InChI=1S/C27H46N2O7S/c1-13-19-17-20(21(31)34-24(4,5)6)29(23(33)36-26(10,11)12)27(19,15-16-37-14-2)28(18(3)30)22(32)35-25(7,8)9/h13,19-20H,1,14-17H2,2-12H3/t19-,20?,27+/m1/s1. The average molecular weight is 543 g/mol. The van der Waals surface area contributed by atoms with Crippen LogP contribution in [0, 0.1) is 5.92 Å². The molecule has 0 aromatic heterocycles. The van der Waals surface area contributed by atoms with Gasteiger partial charge in [0.25, 0.3) is 0 Å². The molecule has 0 spiro atoms. The largest absolute Gasteiger partial charge is 0.458 e. The monoisotopic (exact) mass is 542 g/mol. The van der Waals surface area contributed by atoms with E-state index in [0.29, 0.717) is 5.75 Å². The lowest BCUT2D eigenvalue weighted by molar-refractivity contribution is -0.166. The molecule has 1 fully saturated rings. The zero-order valence-electron chi connectivity index (χ0n) is 24.4. The number of thioether (sulfide) groups is 1. The van der Waals surface area contributed by atoms with Crippen molar-refractivity contribution in [1.29, 1.82) is 0 Å². The topological polar surface area (TPSA) is 102 Å². The Labute approximate surface area is 226 Å². The second kappa shape index (κ2) is 12.1. The van der Waals surface area contributed by atoms with E-state index < -0.39 is 58.5 Å².